The van der Waals surface area contributed by atoms with Crippen LogP contribution in [0.5, 0.6) is 0 Å². The van der Waals surface area contributed by atoms with E-state index in [2.05, 4.69) is 0 Å². The van der Waals surface area contributed by atoms with Crippen molar-refractivity contribution < 1.29 is 27.6 Å². The number of carbonyl (C=O) groups is 1. The van der Waals surface area contributed by atoms with Gasteiger partial charge in [-0.1, -0.05) is 6.92 Å². The number of nitro benzene ring substituents is 1. The summed E-state index contributed by atoms with van der Waals surface area (Å²) in [7, 11) is -4.23. The molecule has 0 saturated carbocycles. The van der Waals surface area contributed by atoms with Crippen molar-refractivity contribution in [2.75, 3.05) is 13.1 Å². The second-order valence-corrected chi connectivity index (χ2v) is 7.94. The third-order valence-corrected chi connectivity index (χ3v) is 5.91. The Hall–Kier alpha value is -2.07. The SMILES string of the molecule is Cc1c(F)cc(S(=O)(=O)N2CC(C)CC(C(=O)O)C2)cc1[N+](=O)[O-]. The number of carboxylic acid groups (broad SMARTS) is 1. The van der Waals surface area contributed by atoms with Crippen molar-refractivity contribution in [3.8, 4) is 0 Å². The molecule has 2 unspecified atom stereocenters. The average molecular weight is 360 g/mol. The molecule has 1 aliphatic rings. The van der Waals surface area contributed by atoms with Gasteiger partial charge < -0.3 is 5.11 Å². The molecule has 1 fully saturated rings. The van der Waals surface area contributed by atoms with Crippen LogP contribution in [0.2, 0.25) is 0 Å². The highest BCUT2D eigenvalue weighted by Crippen LogP contribution is 2.30. The fraction of sp³-hybridized carbons (Fsp3) is 0.500. The Morgan fingerprint density at radius 1 is 1.42 bits per heavy atom. The Kier molecular flexibility index (Phi) is 4.90. The zero-order valence-electron chi connectivity index (χ0n) is 13.1. The topological polar surface area (TPSA) is 118 Å². The molecule has 1 aromatic carbocycles. The van der Waals surface area contributed by atoms with Crippen LogP contribution in [0.25, 0.3) is 0 Å². The van der Waals surface area contributed by atoms with Crippen molar-refractivity contribution in [1.82, 2.24) is 4.31 Å². The first-order chi connectivity index (χ1) is 11.0. The molecular formula is C14H17FN2O6S. The molecule has 1 N–H and O–H groups in total. The molecule has 1 aromatic rings. The lowest BCUT2D eigenvalue weighted by atomic mass is 9.92. The van der Waals surface area contributed by atoms with E-state index in [-0.39, 0.29) is 24.6 Å². The number of nitro groups is 1. The Labute approximate surface area is 138 Å². The van der Waals surface area contributed by atoms with Gasteiger partial charge in [-0.15, -0.1) is 0 Å². The molecule has 24 heavy (non-hydrogen) atoms. The molecule has 8 nitrogen and oxygen atoms in total. The molecule has 0 bridgehead atoms. The highest BCUT2D eigenvalue weighted by atomic mass is 32.2. The Balaban J connectivity index is 2.47. The van der Waals surface area contributed by atoms with Gasteiger partial charge in [-0.3, -0.25) is 14.9 Å². The summed E-state index contributed by atoms with van der Waals surface area (Å²) in [4.78, 5) is 20.8. The van der Waals surface area contributed by atoms with Gasteiger partial charge in [0.05, 0.1) is 21.3 Å². The van der Waals surface area contributed by atoms with Gasteiger partial charge in [0.15, 0.2) is 0 Å². The molecule has 0 radical (unpaired) electrons. The molecule has 1 saturated heterocycles. The third kappa shape index (κ3) is 3.39. The highest BCUT2D eigenvalue weighted by molar-refractivity contribution is 7.89. The van der Waals surface area contributed by atoms with E-state index in [1.54, 1.807) is 6.92 Å². The third-order valence-electron chi connectivity index (χ3n) is 4.10. The largest absolute Gasteiger partial charge is 0.481 e. The molecule has 0 aliphatic carbocycles. The molecule has 0 amide bonds. The van der Waals surface area contributed by atoms with Crippen LogP contribution in [-0.2, 0) is 14.8 Å². The normalized spacial score (nSPS) is 22.3. The maximum Gasteiger partial charge on any atom is 0.307 e. The molecule has 132 valence electrons. The first-order valence-corrected chi connectivity index (χ1v) is 8.65. The van der Waals surface area contributed by atoms with Gasteiger partial charge in [-0.2, -0.15) is 4.31 Å². The summed E-state index contributed by atoms with van der Waals surface area (Å²) in [5.74, 6) is -3.17. The molecule has 2 atom stereocenters. The molecular weight excluding hydrogens is 343 g/mol. The Morgan fingerprint density at radius 2 is 2.04 bits per heavy atom. The predicted octanol–water partition coefficient (Wildman–Crippen LogP) is 1.77. The maximum atomic E-state index is 13.9. The molecule has 0 spiro atoms. The standard InChI is InChI=1S/C14H17FN2O6S/c1-8-3-10(14(18)19)7-16(6-8)24(22,23)11-4-12(15)9(2)13(5-11)17(20)21/h4-5,8,10H,3,6-7H2,1-2H3,(H,18,19). The summed E-state index contributed by atoms with van der Waals surface area (Å²) in [6.07, 6.45) is 0.337. The van der Waals surface area contributed by atoms with Crippen LogP contribution < -0.4 is 0 Å². The number of hydrogen-bond acceptors (Lipinski definition) is 5. The predicted molar refractivity (Wildman–Crippen MR) is 81.5 cm³/mol. The van der Waals surface area contributed by atoms with Crippen molar-refractivity contribution in [3.05, 3.63) is 33.6 Å². The van der Waals surface area contributed by atoms with Crippen molar-refractivity contribution in [2.24, 2.45) is 11.8 Å². The van der Waals surface area contributed by atoms with Crippen LogP contribution in [0.1, 0.15) is 18.9 Å². The van der Waals surface area contributed by atoms with Crippen molar-refractivity contribution in [1.29, 1.82) is 0 Å². The van der Waals surface area contributed by atoms with Gasteiger partial charge in [0.1, 0.15) is 5.82 Å². The summed E-state index contributed by atoms with van der Waals surface area (Å²) in [6, 6.07) is 1.54. The number of carboxylic acids is 1. The van der Waals surface area contributed by atoms with E-state index in [1.807, 2.05) is 0 Å². The van der Waals surface area contributed by atoms with Gasteiger partial charge in [0.25, 0.3) is 5.69 Å². The lowest BCUT2D eigenvalue weighted by molar-refractivity contribution is -0.385. The fourth-order valence-corrected chi connectivity index (χ4v) is 4.44. The van der Waals surface area contributed by atoms with Crippen LogP contribution in [0.4, 0.5) is 10.1 Å². The van der Waals surface area contributed by atoms with E-state index in [9.17, 15) is 27.7 Å². The highest BCUT2D eigenvalue weighted by Gasteiger charge is 2.37. The average Bonchev–Trinajstić information content (AvgIpc) is 2.48. The number of aliphatic carboxylic acids is 1. The van der Waals surface area contributed by atoms with Crippen LogP contribution >= 0.6 is 0 Å². The minimum Gasteiger partial charge on any atom is -0.481 e. The molecule has 1 heterocycles. The van der Waals surface area contributed by atoms with Gasteiger partial charge >= 0.3 is 5.97 Å². The minimum absolute atomic E-state index is 0.0788. The summed E-state index contributed by atoms with van der Waals surface area (Å²) in [5.41, 5.74) is -0.886. The molecule has 10 heteroatoms. The van der Waals surface area contributed by atoms with E-state index in [1.165, 1.54) is 6.92 Å². The number of hydrogen-bond donors (Lipinski definition) is 1. The van der Waals surface area contributed by atoms with Gasteiger partial charge in [-0.25, -0.2) is 12.8 Å². The van der Waals surface area contributed by atoms with E-state index in [4.69, 9.17) is 5.11 Å². The number of halogens is 1. The van der Waals surface area contributed by atoms with Crippen molar-refractivity contribution in [2.45, 2.75) is 25.2 Å². The summed E-state index contributed by atoms with van der Waals surface area (Å²) < 4.78 is 40.2. The first-order valence-electron chi connectivity index (χ1n) is 7.21. The number of rotatable bonds is 4. The quantitative estimate of drug-likeness (QED) is 0.646. The number of benzene rings is 1. The summed E-state index contributed by atoms with van der Waals surface area (Å²) in [6.45, 7) is 2.74. The maximum absolute atomic E-state index is 13.9. The number of nitrogens with zero attached hydrogens (tertiary/aromatic N) is 2. The fourth-order valence-electron chi connectivity index (χ4n) is 2.81. The first kappa shape index (κ1) is 18.3. The molecule has 2 rings (SSSR count). The second kappa shape index (κ2) is 6.44. The van der Waals surface area contributed by atoms with E-state index in [0.29, 0.717) is 6.42 Å². The van der Waals surface area contributed by atoms with Gasteiger partial charge in [0.2, 0.25) is 10.0 Å². The van der Waals surface area contributed by atoms with Crippen LogP contribution in [0, 0.1) is 34.7 Å². The van der Waals surface area contributed by atoms with Gasteiger partial charge in [0, 0.05) is 19.2 Å². The summed E-state index contributed by atoms with van der Waals surface area (Å²) >= 11 is 0. The van der Waals surface area contributed by atoms with E-state index >= 15 is 0 Å². The molecule has 1 aliphatic heterocycles. The molecule has 0 aromatic heterocycles. The monoisotopic (exact) mass is 360 g/mol. The number of sulfonamides is 1. The smallest absolute Gasteiger partial charge is 0.307 e. The summed E-state index contributed by atoms with van der Waals surface area (Å²) in [5, 5.41) is 20.1. The van der Waals surface area contributed by atoms with Crippen LogP contribution in [0.3, 0.4) is 0 Å². The Bertz CT molecular complexity index is 795. The minimum atomic E-state index is -4.23. The Morgan fingerprint density at radius 3 is 2.58 bits per heavy atom. The number of piperidine rings is 1. The van der Waals surface area contributed by atoms with Gasteiger partial charge in [-0.05, 0) is 25.3 Å². The lowest BCUT2D eigenvalue weighted by Crippen LogP contribution is -2.45. The lowest BCUT2D eigenvalue weighted by Gasteiger charge is -2.33. The van der Waals surface area contributed by atoms with E-state index < -0.39 is 43.2 Å². The van der Waals surface area contributed by atoms with Crippen molar-refractivity contribution in [3.63, 3.8) is 0 Å². The zero-order valence-corrected chi connectivity index (χ0v) is 13.9. The van der Waals surface area contributed by atoms with Crippen LogP contribution in [-0.4, -0.2) is 41.8 Å². The van der Waals surface area contributed by atoms with E-state index in [0.717, 1.165) is 16.4 Å². The second-order valence-electron chi connectivity index (χ2n) is 6.00. The zero-order chi connectivity index (χ0) is 18.2. The van der Waals surface area contributed by atoms with Crippen LogP contribution in [0.15, 0.2) is 17.0 Å². The van der Waals surface area contributed by atoms with Crippen molar-refractivity contribution >= 4 is 21.7 Å².